The molecule has 3 aromatic rings. The number of hydrogen-bond donors (Lipinski definition) is 0. The van der Waals surface area contributed by atoms with Crippen LogP contribution in [0, 0.1) is 6.92 Å². The smallest absolute Gasteiger partial charge is 0.216 e. The topological polar surface area (TPSA) is 13.1 Å². The molecular formula is C21H22NO+. The Bertz CT molecular complexity index is 925. The Morgan fingerprint density at radius 2 is 1.78 bits per heavy atom. The predicted octanol–water partition coefficient (Wildman–Crippen LogP) is 4.35. The molecule has 0 fully saturated rings. The molecule has 2 heteroatoms. The van der Waals surface area contributed by atoms with Crippen LogP contribution in [0.4, 0.5) is 0 Å². The molecule has 2 aromatic carbocycles. The number of rotatable bonds is 1. The maximum atomic E-state index is 6.31. The van der Waals surface area contributed by atoms with Crippen molar-refractivity contribution in [2.45, 2.75) is 32.8 Å². The van der Waals surface area contributed by atoms with Crippen molar-refractivity contribution in [2.24, 2.45) is 7.05 Å². The SMILES string of the molecule is Cc1ccc2c(c1-c1ccc3ccccc3[n+]1C)OC(C)(C)C2. The van der Waals surface area contributed by atoms with Crippen LogP contribution in [0.3, 0.4) is 0 Å². The quantitative estimate of drug-likeness (QED) is 0.609. The molecule has 0 spiro atoms. The molecule has 0 N–H and O–H groups in total. The van der Waals surface area contributed by atoms with Gasteiger partial charge in [-0.15, -0.1) is 0 Å². The molecule has 0 bridgehead atoms. The third-order valence-corrected chi connectivity index (χ3v) is 4.78. The van der Waals surface area contributed by atoms with Gasteiger partial charge in [0.05, 0.1) is 5.56 Å². The van der Waals surface area contributed by atoms with Crippen LogP contribution in [0.15, 0.2) is 48.5 Å². The van der Waals surface area contributed by atoms with Crippen molar-refractivity contribution in [2.75, 3.05) is 0 Å². The Morgan fingerprint density at radius 3 is 2.61 bits per heavy atom. The summed E-state index contributed by atoms with van der Waals surface area (Å²) in [7, 11) is 2.14. The molecule has 116 valence electrons. The second kappa shape index (κ2) is 4.82. The molecule has 4 rings (SSSR count). The fourth-order valence-corrected chi connectivity index (χ4v) is 3.66. The molecular weight excluding hydrogens is 282 g/mol. The van der Waals surface area contributed by atoms with Crippen LogP contribution in [0.5, 0.6) is 5.75 Å². The van der Waals surface area contributed by atoms with Crippen molar-refractivity contribution < 1.29 is 9.30 Å². The minimum Gasteiger partial charge on any atom is -0.486 e. The number of aromatic nitrogens is 1. The minimum atomic E-state index is -0.125. The molecule has 1 aliphatic heterocycles. The van der Waals surface area contributed by atoms with Crippen LogP contribution >= 0.6 is 0 Å². The second-order valence-corrected chi connectivity index (χ2v) is 7.12. The molecule has 2 heterocycles. The lowest BCUT2D eigenvalue weighted by atomic mass is 9.96. The third-order valence-electron chi connectivity index (χ3n) is 4.78. The van der Waals surface area contributed by atoms with Gasteiger partial charge in [0.2, 0.25) is 11.2 Å². The van der Waals surface area contributed by atoms with Gasteiger partial charge in [0.1, 0.15) is 18.4 Å². The van der Waals surface area contributed by atoms with E-state index in [1.165, 1.54) is 33.3 Å². The van der Waals surface area contributed by atoms with Crippen molar-refractivity contribution >= 4 is 10.9 Å². The Hall–Kier alpha value is -2.35. The van der Waals surface area contributed by atoms with Gasteiger partial charge in [-0.25, -0.2) is 0 Å². The van der Waals surface area contributed by atoms with Crippen molar-refractivity contribution in [3.8, 4) is 17.0 Å². The minimum absolute atomic E-state index is 0.125. The van der Waals surface area contributed by atoms with E-state index in [9.17, 15) is 0 Å². The summed E-state index contributed by atoms with van der Waals surface area (Å²) in [5.74, 6) is 1.06. The van der Waals surface area contributed by atoms with Gasteiger partial charge in [0.15, 0.2) is 0 Å². The van der Waals surface area contributed by atoms with E-state index in [4.69, 9.17) is 4.74 Å². The van der Waals surface area contributed by atoms with Gasteiger partial charge in [0, 0.05) is 23.9 Å². The van der Waals surface area contributed by atoms with Crippen LogP contribution in [-0.4, -0.2) is 5.60 Å². The average molecular weight is 304 g/mol. The highest BCUT2D eigenvalue weighted by Crippen LogP contribution is 2.43. The van der Waals surface area contributed by atoms with Crippen LogP contribution in [0.1, 0.15) is 25.0 Å². The van der Waals surface area contributed by atoms with Crippen LogP contribution in [0.2, 0.25) is 0 Å². The molecule has 23 heavy (non-hydrogen) atoms. The summed E-state index contributed by atoms with van der Waals surface area (Å²) in [4.78, 5) is 0. The maximum Gasteiger partial charge on any atom is 0.216 e. The van der Waals surface area contributed by atoms with E-state index in [-0.39, 0.29) is 5.60 Å². The largest absolute Gasteiger partial charge is 0.486 e. The summed E-state index contributed by atoms with van der Waals surface area (Å²) < 4.78 is 8.58. The summed E-state index contributed by atoms with van der Waals surface area (Å²) in [6.45, 7) is 6.48. The van der Waals surface area contributed by atoms with Gasteiger partial charge >= 0.3 is 0 Å². The lowest BCUT2D eigenvalue weighted by Crippen LogP contribution is -2.32. The third kappa shape index (κ3) is 2.21. The highest BCUT2D eigenvalue weighted by molar-refractivity contribution is 5.80. The Kier molecular flexibility index (Phi) is 2.99. The highest BCUT2D eigenvalue weighted by Gasteiger charge is 2.34. The van der Waals surface area contributed by atoms with Crippen LogP contribution in [0.25, 0.3) is 22.2 Å². The van der Waals surface area contributed by atoms with Gasteiger partial charge < -0.3 is 4.74 Å². The van der Waals surface area contributed by atoms with Crippen molar-refractivity contribution in [3.63, 3.8) is 0 Å². The maximum absolute atomic E-state index is 6.31. The number of hydrogen-bond acceptors (Lipinski definition) is 1. The second-order valence-electron chi connectivity index (χ2n) is 7.12. The summed E-state index contributed by atoms with van der Waals surface area (Å²) in [6.07, 6.45) is 0.965. The van der Waals surface area contributed by atoms with Crippen molar-refractivity contribution in [1.29, 1.82) is 0 Å². The molecule has 0 atom stereocenters. The fraction of sp³-hybridized carbons (Fsp3) is 0.286. The van der Waals surface area contributed by atoms with Gasteiger partial charge in [-0.2, -0.15) is 4.57 Å². The summed E-state index contributed by atoms with van der Waals surface area (Å²) in [6, 6.07) is 17.3. The molecule has 1 aromatic heterocycles. The number of para-hydroxylation sites is 1. The lowest BCUT2D eigenvalue weighted by molar-refractivity contribution is -0.633. The van der Waals surface area contributed by atoms with Gasteiger partial charge in [0.25, 0.3) is 0 Å². The number of fused-ring (bicyclic) bond motifs is 2. The number of benzene rings is 2. The zero-order chi connectivity index (χ0) is 16.2. The summed E-state index contributed by atoms with van der Waals surface area (Å²) >= 11 is 0. The van der Waals surface area contributed by atoms with E-state index in [0.29, 0.717) is 0 Å². The predicted molar refractivity (Wildman–Crippen MR) is 93.7 cm³/mol. The first-order valence-corrected chi connectivity index (χ1v) is 8.16. The first-order chi connectivity index (χ1) is 11.0. The van der Waals surface area contributed by atoms with E-state index in [0.717, 1.165) is 12.2 Å². The first-order valence-electron chi connectivity index (χ1n) is 8.16. The molecule has 1 aliphatic rings. The monoisotopic (exact) mass is 304 g/mol. The Morgan fingerprint density at radius 1 is 1.00 bits per heavy atom. The summed E-state index contributed by atoms with van der Waals surface area (Å²) in [5.41, 5.74) is 6.10. The Labute approximate surface area is 137 Å². The van der Waals surface area contributed by atoms with E-state index >= 15 is 0 Å². The van der Waals surface area contributed by atoms with E-state index in [1.807, 2.05) is 0 Å². The molecule has 2 nitrogen and oxygen atoms in total. The molecule has 0 amide bonds. The molecule has 0 radical (unpaired) electrons. The van der Waals surface area contributed by atoms with Crippen LogP contribution < -0.4 is 9.30 Å². The molecule has 0 saturated heterocycles. The number of nitrogens with zero attached hydrogens (tertiary/aromatic N) is 1. The lowest BCUT2D eigenvalue weighted by Gasteiger charge is -2.18. The van der Waals surface area contributed by atoms with Crippen molar-refractivity contribution in [1.82, 2.24) is 0 Å². The molecule has 0 saturated carbocycles. The zero-order valence-corrected chi connectivity index (χ0v) is 14.2. The fourth-order valence-electron chi connectivity index (χ4n) is 3.66. The number of ether oxygens (including phenoxy) is 1. The van der Waals surface area contributed by atoms with Gasteiger partial charge in [-0.05, 0) is 44.0 Å². The van der Waals surface area contributed by atoms with Gasteiger partial charge in [-0.3, -0.25) is 0 Å². The van der Waals surface area contributed by atoms with Crippen LogP contribution in [-0.2, 0) is 13.5 Å². The number of aryl methyl sites for hydroxylation is 2. The average Bonchev–Trinajstić information content (AvgIpc) is 2.83. The standard InChI is InChI=1S/C21H22NO/c1-14-9-10-16-13-21(2,3)23-20(16)19(14)18-12-11-15-7-5-6-8-17(15)22(18)4/h5-12H,13H2,1-4H3/q+1. The highest BCUT2D eigenvalue weighted by atomic mass is 16.5. The van der Waals surface area contributed by atoms with E-state index < -0.39 is 0 Å². The summed E-state index contributed by atoms with van der Waals surface area (Å²) in [5, 5.41) is 1.25. The van der Waals surface area contributed by atoms with E-state index in [1.54, 1.807) is 0 Å². The molecule has 0 unspecified atom stereocenters. The van der Waals surface area contributed by atoms with E-state index in [2.05, 4.69) is 80.9 Å². The van der Waals surface area contributed by atoms with Gasteiger partial charge in [-0.1, -0.05) is 24.3 Å². The normalized spacial score (nSPS) is 15.5. The van der Waals surface area contributed by atoms with Crippen molar-refractivity contribution in [3.05, 3.63) is 59.7 Å². The zero-order valence-electron chi connectivity index (χ0n) is 14.2. The number of pyridine rings is 1. The molecule has 0 aliphatic carbocycles. The first kappa shape index (κ1) is 14.3. The Balaban J connectivity index is 2.00.